The summed E-state index contributed by atoms with van der Waals surface area (Å²) in [4.78, 5) is 12.7. The molecule has 1 aromatic rings. The summed E-state index contributed by atoms with van der Waals surface area (Å²) in [5.74, 6) is 0. The van der Waals surface area contributed by atoms with E-state index in [0.29, 0.717) is 6.42 Å². The average molecular weight is 330 g/mol. The third-order valence-corrected chi connectivity index (χ3v) is 3.42. The highest BCUT2D eigenvalue weighted by Crippen LogP contribution is 2.21. The van der Waals surface area contributed by atoms with E-state index in [0.717, 1.165) is 10.0 Å². The van der Waals surface area contributed by atoms with Gasteiger partial charge in [0.15, 0.2) is 0 Å². The fourth-order valence-corrected chi connectivity index (χ4v) is 2.39. The van der Waals surface area contributed by atoms with E-state index in [1.54, 1.807) is 0 Å². The molecule has 0 aliphatic carbocycles. The predicted octanol–water partition coefficient (Wildman–Crippen LogP) is 3.13. The Labute approximate surface area is 122 Å². The molecule has 2 N–H and O–H groups in total. The Balaban J connectivity index is 2.92. The maximum absolute atomic E-state index is 11.4. The molecule has 1 amide bonds. The molecule has 1 unspecified atom stereocenters. The highest BCUT2D eigenvalue weighted by Gasteiger charge is 2.32. The van der Waals surface area contributed by atoms with Crippen LogP contribution in [0.25, 0.3) is 0 Å². The fraction of sp³-hybridized carbons (Fsp3) is 0.500. The molecular weight excluding hydrogens is 310 g/mol. The molecule has 106 valence electrons. The molecule has 0 aliphatic rings. The monoisotopic (exact) mass is 329 g/mol. The van der Waals surface area contributed by atoms with Gasteiger partial charge in [0.1, 0.15) is 0 Å². The van der Waals surface area contributed by atoms with Gasteiger partial charge in [0.05, 0.1) is 12.6 Å². The van der Waals surface area contributed by atoms with Crippen molar-refractivity contribution in [2.75, 3.05) is 6.61 Å². The molecule has 1 atom stereocenters. The van der Waals surface area contributed by atoms with E-state index >= 15 is 0 Å². The summed E-state index contributed by atoms with van der Waals surface area (Å²) in [6, 6.07) is 7.22. The summed E-state index contributed by atoms with van der Waals surface area (Å²) < 4.78 is 0.975. The Hall–Kier alpha value is -1.07. The number of aliphatic hydroxyl groups is 1. The lowest BCUT2D eigenvalue weighted by molar-refractivity contribution is 0.0465. The Morgan fingerprint density at radius 2 is 1.84 bits per heavy atom. The first-order valence-electron chi connectivity index (χ1n) is 6.13. The normalized spacial score (nSPS) is 13.1. The molecule has 0 heterocycles. The number of hydrogen-bond acceptors (Lipinski definition) is 2. The molecule has 0 spiro atoms. The van der Waals surface area contributed by atoms with Gasteiger partial charge in [0, 0.05) is 10.0 Å². The van der Waals surface area contributed by atoms with Gasteiger partial charge < -0.3 is 10.2 Å². The maximum atomic E-state index is 11.4. The van der Waals surface area contributed by atoms with Crippen LogP contribution in [-0.2, 0) is 6.42 Å². The smallest absolute Gasteiger partial charge is 0.408 e. The lowest BCUT2D eigenvalue weighted by Gasteiger charge is -2.39. The number of aliphatic hydroxyl groups excluding tert-OH is 1. The van der Waals surface area contributed by atoms with E-state index < -0.39 is 17.7 Å². The molecule has 1 rings (SSSR count). The van der Waals surface area contributed by atoms with E-state index in [1.807, 2.05) is 45.0 Å². The van der Waals surface area contributed by atoms with Crippen LogP contribution in [0.1, 0.15) is 26.3 Å². The van der Waals surface area contributed by atoms with Gasteiger partial charge in [-0.25, -0.2) is 4.79 Å². The van der Waals surface area contributed by atoms with Gasteiger partial charge in [-0.3, -0.25) is 4.90 Å². The highest BCUT2D eigenvalue weighted by atomic mass is 79.9. The van der Waals surface area contributed by atoms with Crippen LogP contribution < -0.4 is 0 Å². The number of halogens is 1. The number of rotatable bonds is 4. The van der Waals surface area contributed by atoms with Crippen LogP contribution >= 0.6 is 15.9 Å². The van der Waals surface area contributed by atoms with Gasteiger partial charge in [0.25, 0.3) is 0 Å². The van der Waals surface area contributed by atoms with E-state index in [9.17, 15) is 15.0 Å². The zero-order valence-electron chi connectivity index (χ0n) is 11.4. The van der Waals surface area contributed by atoms with Crippen LogP contribution in [0, 0.1) is 0 Å². The van der Waals surface area contributed by atoms with Gasteiger partial charge in [-0.2, -0.15) is 0 Å². The number of carbonyl (C=O) groups is 1. The number of hydrogen-bond donors (Lipinski definition) is 2. The Morgan fingerprint density at radius 1 is 1.32 bits per heavy atom. The molecule has 1 aromatic carbocycles. The first-order valence-corrected chi connectivity index (χ1v) is 6.92. The SMILES string of the molecule is CC(C)(C)N(C(=O)O)C(CO)Cc1ccc(Br)cc1. The number of nitrogens with zero attached hydrogens (tertiary/aromatic N) is 1. The molecule has 0 bridgehead atoms. The number of carboxylic acid groups (broad SMARTS) is 1. The van der Waals surface area contributed by atoms with E-state index in [-0.39, 0.29) is 6.61 Å². The van der Waals surface area contributed by atoms with Crippen LogP contribution in [0.3, 0.4) is 0 Å². The standard InChI is InChI=1S/C14H20BrNO3/c1-14(2,3)16(13(18)19)12(9-17)8-10-4-6-11(15)7-5-10/h4-7,12,17H,8-9H2,1-3H3,(H,18,19). The van der Waals surface area contributed by atoms with Crippen LogP contribution in [0.4, 0.5) is 4.79 Å². The van der Waals surface area contributed by atoms with E-state index in [2.05, 4.69) is 15.9 Å². The first kappa shape index (κ1) is 16.0. The van der Waals surface area contributed by atoms with Crippen molar-refractivity contribution in [2.45, 2.75) is 38.8 Å². The Kier molecular flexibility index (Phi) is 5.38. The van der Waals surface area contributed by atoms with Crippen LogP contribution in [0.2, 0.25) is 0 Å². The van der Waals surface area contributed by atoms with E-state index in [4.69, 9.17) is 0 Å². The lowest BCUT2D eigenvalue weighted by Crippen LogP contribution is -2.53. The van der Waals surface area contributed by atoms with Crippen molar-refractivity contribution >= 4 is 22.0 Å². The fourth-order valence-electron chi connectivity index (χ4n) is 2.12. The van der Waals surface area contributed by atoms with Gasteiger partial charge in [-0.1, -0.05) is 28.1 Å². The van der Waals surface area contributed by atoms with Crippen molar-refractivity contribution in [2.24, 2.45) is 0 Å². The van der Waals surface area contributed by atoms with Crippen molar-refractivity contribution in [3.63, 3.8) is 0 Å². The summed E-state index contributed by atoms with van der Waals surface area (Å²) in [5, 5.41) is 18.9. The highest BCUT2D eigenvalue weighted by molar-refractivity contribution is 9.10. The maximum Gasteiger partial charge on any atom is 0.408 e. The second-order valence-electron chi connectivity index (χ2n) is 5.49. The van der Waals surface area contributed by atoms with Crippen molar-refractivity contribution < 1.29 is 15.0 Å². The van der Waals surface area contributed by atoms with Crippen molar-refractivity contribution in [1.29, 1.82) is 0 Å². The minimum Gasteiger partial charge on any atom is -0.465 e. The van der Waals surface area contributed by atoms with Gasteiger partial charge in [0.2, 0.25) is 0 Å². The van der Waals surface area contributed by atoms with Crippen LogP contribution in [0.15, 0.2) is 28.7 Å². The molecular formula is C14H20BrNO3. The Bertz CT molecular complexity index is 425. The topological polar surface area (TPSA) is 60.8 Å². The molecule has 0 radical (unpaired) electrons. The third-order valence-electron chi connectivity index (χ3n) is 2.89. The van der Waals surface area contributed by atoms with Crippen LogP contribution in [-0.4, -0.2) is 39.4 Å². The zero-order chi connectivity index (χ0) is 14.6. The molecule has 0 aliphatic heterocycles. The average Bonchev–Trinajstić information content (AvgIpc) is 2.28. The molecule has 0 saturated carbocycles. The lowest BCUT2D eigenvalue weighted by atomic mass is 9.99. The summed E-state index contributed by atoms with van der Waals surface area (Å²) >= 11 is 3.36. The molecule has 0 fully saturated rings. The third kappa shape index (κ3) is 4.51. The molecule has 0 aromatic heterocycles. The van der Waals surface area contributed by atoms with Crippen molar-refractivity contribution in [1.82, 2.24) is 4.90 Å². The second kappa shape index (κ2) is 6.39. The summed E-state index contributed by atoms with van der Waals surface area (Å²) in [6.07, 6.45) is -0.517. The molecule has 5 heteroatoms. The van der Waals surface area contributed by atoms with Crippen molar-refractivity contribution in [3.05, 3.63) is 34.3 Å². The van der Waals surface area contributed by atoms with E-state index in [1.165, 1.54) is 4.90 Å². The zero-order valence-corrected chi connectivity index (χ0v) is 13.0. The molecule has 19 heavy (non-hydrogen) atoms. The minimum absolute atomic E-state index is 0.195. The van der Waals surface area contributed by atoms with Gasteiger partial charge in [-0.15, -0.1) is 0 Å². The largest absolute Gasteiger partial charge is 0.465 e. The molecule has 0 saturated heterocycles. The number of amides is 1. The van der Waals surface area contributed by atoms with Gasteiger partial charge in [-0.05, 0) is 44.9 Å². The first-order chi connectivity index (χ1) is 8.75. The quantitative estimate of drug-likeness (QED) is 0.892. The molecule has 4 nitrogen and oxygen atoms in total. The van der Waals surface area contributed by atoms with Crippen molar-refractivity contribution in [3.8, 4) is 0 Å². The number of benzene rings is 1. The minimum atomic E-state index is -1.01. The Morgan fingerprint density at radius 3 is 2.21 bits per heavy atom. The summed E-state index contributed by atoms with van der Waals surface area (Å²) in [6.45, 7) is 5.28. The summed E-state index contributed by atoms with van der Waals surface area (Å²) in [7, 11) is 0. The van der Waals surface area contributed by atoms with Crippen LogP contribution in [0.5, 0.6) is 0 Å². The van der Waals surface area contributed by atoms with Gasteiger partial charge >= 0.3 is 6.09 Å². The summed E-state index contributed by atoms with van der Waals surface area (Å²) in [5.41, 5.74) is 0.451. The predicted molar refractivity (Wildman–Crippen MR) is 78.3 cm³/mol. The second-order valence-corrected chi connectivity index (χ2v) is 6.41.